The van der Waals surface area contributed by atoms with Gasteiger partial charge >= 0.3 is 0 Å². The Kier molecular flexibility index (Phi) is 4.52. The van der Waals surface area contributed by atoms with Gasteiger partial charge in [0.25, 0.3) is 11.5 Å². The first kappa shape index (κ1) is 19.0. The molecule has 0 aliphatic carbocycles. The topological polar surface area (TPSA) is 79.8 Å². The normalized spacial score (nSPS) is 11.2. The van der Waals surface area contributed by atoms with Gasteiger partial charge in [-0.05, 0) is 66.7 Å². The van der Waals surface area contributed by atoms with Crippen molar-refractivity contribution < 1.29 is 9.18 Å². The summed E-state index contributed by atoms with van der Waals surface area (Å²) in [5.74, 6) is -0.696. The number of nitrogens with one attached hydrogen (secondary N) is 2. The zero-order chi connectivity index (χ0) is 21.5. The van der Waals surface area contributed by atoms with Crippen LogP contribution in [0.25, 0.3) is 27.5 Å². The lowest BCUT2D eigenvalue weighted by atomic mass is 10.1. The van der Waals surface area contributed by atoms with Crippen LogP contribution in [0.2, 0.25) is 5.02 Å². The average Bonchev–Trinajstić information content (AvgIpc) is 3.12. The molecule has 0 spiro atoms. The number of nitrogens with zero attached hydrogens (tertiary/aromatic N) is 2. The van der Waals surface area contributed by atoms with Gasteiger partial charge in [-0.15, -0.1) is 0 Å². The molecule has 8 heteroatoms. The molecular formula is C23H14ClFN4O2. The van der Waals surface area contributed by atoms with Crippen LogP contribution in [-0.2, 0) is 0 Å². The van der Waals surface area contributed by atoms with E-state index in [9.17, 15) is 14.0 Å². The lowest BCUT2D eigenvalue weighted by Crippen LogP contribution is -2.14. The zero-order valence-corrected chi connectivity index (χ0v) is 16.7. The molecule has 152 valence electrons. The molecule has 5 aromatic rings. The van der Waals surface area contributed by atoms with Crippen molar-refractivity contribution in [2.24, 2.45) is 0 Å². The molecular weight excluding hydrogens is 419 g/mol. The monoisotopic (exact) mass is 432 g/mol. The number of hydrogen-bond donors (Lipinski definition) is 2. The molecule has 2 N–H and O–H groups in total. The minimum Gasteiger partial charge on any atom is -0.322 e. The van der Waals surface area contributed by atoms with Gasteiger partial charge in [-0.2, -0.15) is 0 Å². The van der Waals surface area contributed by atoms with E-state index in [0.29, 0.717) is 43.8 Å². The van der Waals surface area contributed by atoms with Gasteiger partial charge in [0, 0.05) is 27.9 Å². The molecule has 0 bridgehead atoms. The van der Waals surface area contributed by atoms with Crippen LogP contribution in [0.4, 0.5) is 10.1 Å². The largest absolute Gasteiger partial charge is 0.322 e. The highest BCUT2D eigenvalue weighted by molar-refractivity contribution is 6.30. The maximum Gasteiger partial charge on any atom is 0.280 e. The first-order valence-electron chi connectivity index (χ1n) is 9.36. The fraction of sp³-hybridized carbons (Fsp3) is 0. The van der Waals surface area contributed by atoms with Crippen molar-refractivity contribution in [3.63, 3.8) is 0 Å². The predicted molar refractivity (Wildman–Crippen MR) is 119 cm³/mol. The number of anilines is 1. The van der Waals surface area contributed by atoms with E-state index in [2.05, 4.69) is 15.4 Å². The van der Waals surface area contributed by atoms with Gasteiger partial charge in [0.1, 0.15) is 5.82 Å². The highest BCUT2D eigenvalue weighted by Crippen LogP contribution is 2.23. The van der Waals surface area contributed by atoms with Crippen LogP contribution in [0, 0.1) is 5.82 Å². The van der Waals surface area contributed by atoms with Crippen molar-refractivity contribution in [1.29, 1.82) is 0 Å². The van der Waals surface area contributed by atoms with E-state index in [1.807, 2.05) is 0 Å². The molecule has 5 rings (SSSR count). The van der Waals surface area contributed by atoms with E-state index in [0.717, 1.165) is 0 Å². The zero-order valence-electron chi connectivity index (χ0n) is 15.9. The molecule has 0 aliphatic heterocycles. The standard InChI is InChI=1S/C23H14ClFN4O2/c24-14-2-6-16(7-3-14)27-22(30)13-1-10-20-18(11-13)21-19(12-26-20)23(31)29(28-21)17-8-4-15(25)5-9-17/h1-12,28H,(H,27,30). The second-order valence-electron chi connectivity index (χ2n) is 6.97. The van der Waals surface area contributed by atoms with Crippen LogP contribution < -0.4 is 10.9 Å². The van der Waals surface area contributed by atoms with E-state index in [-0.39, 0.29) is 11.5 Å². The van der Waals surface area contributed by atoms with E-state index < -0.39 is 5.82 Å². The summed E-state index contributed by atoms with van der Waals surface area (Å²) in [6.07, 6.45) is 1.49. The Morgan fingerprint density at radius 3 is 2.48 bits per heavy atom. The number of carbonyl (C=O) groups excluding carboxylic acids is 1. The van der Waals surface area contributed by atoms with Gasteiger partial charge in [-0.3, -0.25) is 19.7 Å². The SMILES string of the molecule is O=C(Nc1ccc(Cl)cc1)c1ccc2ncc3c(=O)n(-c4ccc(F)cc4)[nH]c3c2c1. The number of amides is 1. The van der Waals surface area contributed by atoms with Gasteiger partial charge in [0.05, 0.1) is 22.1 Å². The first-order chi connectivity index (χ1) is 15.0. The van der Waals surface area contributed by atoms with Gasteiger partial charge in [0.15, 0.2) is 0 Å². The summed E-state index contributed by atoms with van der Waals surface area (Å²) in [5, 5.41) is 7.44. The summed E-state index contributed by atoms with van der Waals surface area (Å²) in [6, 6.07) is 17.4. The maximum atomic E-state index is 13.3. The molecule has 31 heavy (non-hydrogen) atoms. The molecule has 6 nitrogen and oxygen atoms in total. The molecule has 3 aromatic carbocycles. The summed E-state index contributed by atoms with van der Waals surface area (Å²) < 4.78 is 14.6. The van der Waals surface area contributed by atoms with Crippen molar-refractivity contribution in [2.45, 2.75) is 0 Å². The van der Waals surface area contributed by atoms with Crippen LogP contribution >= 0.6 is 11.6 Å². The predicted octanol–water partition coefficient (Wildman–Crippen LogP) is 4.91. The molecule has 1 amide bonds. The third kappa shape index (κ3) is 3.45. The van der Waals surface area contributed by atoms with Crippen LogP contribution in [0.3, 0.4) is 0 Å². The highest BCUT2D eigenvalue weighted by Gasteiger charge is 2.14. The second-order valence-corrected chi connectivity index (χ2v) is 7.41. The molecule has 0 aliphatic rings. The smallest absolute Gasteiger partial charge is 0.280 e. The van der Waals surface area contributed by atoms with Gasteiger partial charge in [-0.1, -0.05) is 11.6 Å². The van der Waals surface area contributed by atoms with Crippen molar-refractivity contribution in [3.8, 4) is 5.69 Å². The number of H-pyrrole nitrogens is 1. The summed E-state index contributed by atoms with van der Waals surface area (Å²) in [5.41, 5.74) is 2.37. The molecule has 0 fully saturated rings. The Morgan fingerprint density at radius 1 is 1.00 bits per heavy atom. The minimum atomic E-state index is -0.392. The summed E-state index contributed by atoms with van der Waals surface area (Å²) in [6.45, 7) is 0. The minimum absolute atomic E-state index is 0.304. The Balaban J connectivity index is 1.60. The number of rotatable bonds is 3. The van der Waals surface area contributed by atoms with Crippen LogP contribution in [0.1, 0.15) is 10.4 Å². The molecule has 0 radical (unpaired) electrons. The summed E-state index contributed by atoms with van der Waals surface area (Å²) in [4.78, 5) is 29.9. The number of hydrogen-bond acceptors (Lipinski definition) is 3. The number of aromatic nitrogens is 3. The van der Waals surface area contributed by atoms with E-state index in [1.54, 1.807) is 42.5 Å². The maximum absolute atomic E-state index is 13.3. The van der Waals surface area contributed by atoms with Gasteiger partial charge in [-0.25, -0.2) is 9.07 Å². The number of benzene rings is 3. The van der Waals surface area contributed by atoms with Crippen LogP contribution in [0.15, 0.2) is 77.7 Å². The molecule has 0 saturated carbocycles. The number of pyridine rings is 1. The number of halogens is 2. The van der Waals surface area contributed by atoms with Crippen molar-refractivity contribution in [1.82, 2.24) is 14.8 Å². The van der Waals surface area contributed by atoms with E-state index in [1.165, 1.54) is 35.1 Å². The Labute approximate surface area is 179 Å². The average molecular weight is 433 g/mol. The van der Waals surface area contributed by atoms with Crippen molar-refractivity contribution in [3.05, 3.63) is 99.7 Å². The third-order valence-electron chi connectivity index (χ3n) is 4.97. The quantitative estimate of drug-likeness (QED) is 0.425. The fourth-order valence-corrected chi connectivity index (χ4v) is 3.53. The Bertz CT molecular complexity index is 1510. The second kappa shape index (κ2) is 7.37. The third-order valence-corrected chi connectivity index (χ3v) is 5.23. The lowest BCUT2D eigenvalue weighted by Gasteiger charge is -2.07. The van der Waals surface area contributed by atoms with E-state index in [4.69, 9.17) is 11.6 Å². The lowest BCUT2D eigenvalue weighted by molar-refractivity contribution is 0.102. The fourth-order valence-electron chi connectivity index (χ4n) is 3.41. The Morgan fingerprint density at radius 2 is 1.74 bits per heavy atom. The highest BCUT2D eigenvalue weighted by atomic mass is 35.5. The molecule has 0 atom stereocenters. The van der Waals surface area contributed by atoms with E-state index >= 15 is 0 Å². The molecule has 0 unspecified atom stereocenters. The van der Waals surface area contributed by atoms with Gasteiger partial charge < -0.3 is 5.32 Å². The number of fused-ring (bicyclic) bond motifs is 3. The Hall–Kier alpha value is -3.97. The summed E-state index contributed by atoms with van der Waals surface area (Å²) in [7, 11) is 0. The van der Waals surface area contributed by atoms with Crippen LogP contribution in [0.5, 0.6) is 0 Å². The van der Waals surface area contributed by atoms with Crippen LogP contribution in [-0.4, -0.2) is 20.7 Å². The molecule has 2 heterocycles. The van der Waals surface area contributed by atoms with Crippen molar-refractivity contribution >= 4 is 45.0 Å². The summed E-state index contributed by atoms with van der Waals surface area (Å²) >= 11 is 5.88. The number of carbonyl (C=O) groups is 1. The molecule has 2 aromatic heterocycles. The van der Waals surface area contributed by atoms with Gasteiger partial charge in [0.2, 0.25) is 0 Å². The number of aromatic amines is 1. The first-order valence-corrected chi connectivity index (χ1v) is 9.74. The molecule has 0 saturated heterocycles. The van der Waals surface area contributed by atoms with Crippen molar-refractivity contribution in [2.75, 3.05) is 5.32 Å².